The van der Waals surface area contributed by atoms with E-state index in [0.29, 0.717) is 21.8 Å². The minimum atomic E-state index is -3.90. The van der Waals surface area contributed by atoms with Crippen molar-refractivity contribution < 1.29 is 13.2 Å². The quantitative estimate of drug-likeness (QED) is 0.154. The highest BCUT2D eigenvalue weighted by molar-refractivity contribution is 7.92. The van der Waals surface area contributed by atoms with Crippen LogP contribution in [0.25, 0.3) is 10.8 Å². The standard InChI is InChI=1S/C34H28ClN3O3S/c1-23-10-19-29(35)20-32(23)38(42(40,41)30-7-3-2-4-8-30)22-24-11-13-27(14-12-24)34(39)37-36-21-28-18-17-26-16-15-25-6-5-9-31(28)33(25)26/h2-14,17-21H,15-16,22H2,1H3,(H,37,39)/b36-21+. The molecule has 210 valence electrons. The Balaban J connectivity index is 1.21. The van der Waals surface area contributed by atoms with Crippen molar-refractivity contribution in [2.45, 2.75) is 31.2 Å². The average molecular weight is 594 g/mol. The molecular weight excluding hydrogens is 566 g/mol. The molecule has 0 heterocycles. The summed E-state index contributed by atoms with van der Waals surface area (Å²) in [5.74, 6) is -0.358. The van der Waals surface area contributed by atoms with E-state index in [2.05, 4.69) is 34.8 Å². The van der Waals surface area contributed by atoms with Gasteiger partial charge >= 0.3 is 0 Å². The summed E-state index contributed by atoms with van der Waals surface area (Å²) in [6.45, 7) is 1.90. The number of rotatable bonds is 8. The fourth-order valence-corrected chi connectivity index (χ4v) is 7.10. The van der Waals surface area contributed by atoms with Crippen LogP contribution >= 0.6 is 11.6 Å². The van der Waals surface area contributed by atoms with Crippen molar-refractivity contribution >= 4 is 50.2 Å². The number of carbonyl (C=O) groups is 1. The summed E-state index contributed by atoms with van der Waals surface area (Å²) in [6, 6.07) is 30.8. The number of benzene rings is 5. The average Bonchev–Trinajstić information content (AvgIpc) is 3.43. The predicted molar refractivity (Wildman–Crippen MR) is 169 cm³/mol. The van der Waals surface area contributed by atoms with Gasteiger partial charge < -0.3 is 0 Å². The highest BCUT2D eigenvalue weighted by Gasteiger charge is 2.26. The lowest BCUT2D eigenvalue weighted by Crippen LogP contribution is -2.31. The molecule has 0 spiro atoms. The second kappa shape index (κ2) is 11.4. The van der Waals surface area contributed by atoms with Crippen molar-refractivity contribution in [1.29, 1.82) is 0 Å². The van der Waals surface area contributed by atoms with Crippen LogP contribution in [0.15, 0.2) is 113 Å². The molecule has 1 amide bonds. The van der Waals surface area contributed by atoms with Crippen molar-refractivity contribution in [1.82, 2.24) is 5.43 Å². The van der Waals surface area contributed by atoms with E-state index in [1.165, 1.54) is 20.8 Å². The number of carbonyl (C=O) groups excluding carboxylic acids is 1. The smallest absolute Gasteiger partial charge is 0.267 e. The molecule has 0 saturated carbocycles. The van der Waals surface area contributed by atoms with E-state index in [1.807, 2.05) is 13.0 Å². The molecule has 0 saturated heterocycles. The lowest BCUT2D eigenvalue weighted by atomic mass is 10.0. The molecule has 6 nitrogen and oxygen atoms in total. The molecule has 6 rings (SSSR count). The third-order valence-corrected chi connectivity index (χ3v) is 9.60. The number of amides is 1. The van der Waals surface area contributed by atoms with Gasteiger partial charge in [0.1, 0.15) is 0 Å². The summed E-state index contributed by atoms with van der Waals surface area (Å²) in [6.07, 6.45) is 3.77. The van der Waals surface area contributed by atoms with Crippen molar-refractivity contribution in [3.8, 4) is 0 Å². The van der Waals surface area contributed by atoms with E-state index < -0.39 is 10.0 Å². The number of aryl methyl sites for hydroxylation is 3. The zero-order valence-electron chi connectivity index (χ0n) is 22.9. The normalized spacial score (nSPS) is 12.6. The molecule has 0 radical (unpaired) electrons. The van der Waals surface area contributed by atoms with Gasteiger partial charge in [0.25, 0.3) is 15.9 Å². The number of nitrogens with zero attached hydrogens (tertiary/aromatic N) is 2. The van der Waals surface area contributed by atoms with Gasteiger partial charge in [0, 0.05) is 16.1 Å². The number of anilines is 1. The summed E-state index contributed by atoms with van der Waals surface area (Å²) in [7, 11) is -3.90. The molecule has 1 N–H and O–H groups in total. The summed E-state index contributed by atoms with van der Waals surface area (Å²) in [4.78, 5) is 13.0. The Hall–Kier alpha value is -4.46. The number of halogens is 1. The Morgan fingerprint density at radius 2 is 1.64 bits per heavy atom. The monoisotopic (exact) mass is 593 g/mol. The Morgan fingerprint density at radius 3 is 2.40 bits per heavy atom. The van der Waals surface area contributed by atoms with Crippen LogP contribution < -0.4 is 9.73 Å². The molecule has 0 atom stereocenters. The molecule has 1 aliphatic carbocycles. The number of nitrogens with one attached hydrogen (secondary N) is 1. The minimum absolute atomic E-state index is 0.0590. The number of sulfonamides is 1. The zero-order valence-corrected chi connectivity index (χ0v) is 24.5. The van der Waals surface area contributed by atoms with Crippen molar-refractivity contribution in [3.63, 3.8) is 0 Å². The predicted octanol–water partition coefficient (Wildman–Crippen LogP) is 7.06. The minimum Gasteiger partial charge on any atom is -0.267 e. The van der Waals surface area contributed by atoms with Gasteiger partial charge in [0.2, 0.25) is 0 Å². The highest BCUT2D eigenvalue weighted by Crippen LogP contribution is 2.33. The number of hydrogen-bond donors (Lipinski definition) is 1. The van der Waals surface area contributed by atoms with Gasteiger partial charge in [-0.1, -0.05) is 78.3 Å². The molecule has 1 aliphatic rings. The van der Waals surface area contributed by atoms with Crippen LogP contribution in [0.3, 0.4) is 0 Å². The van der Waals surface area contributed by atoms with Crippen LogP contribution in [0.2, 0.25) is 5.02 Å². The lowest BCUT2D eigenvalue weighted by Gasteiger charge is -2.26. The third kappa shape index (κ3) is 5.41. The van der Waals surface area contributed by atoms with Crippen LogP contribution in [-0.4, -0.2) is 20.5 Å². The molecular formula is C34H28ClN3O3S. The maximum Gasteiger partial charge on any atom is 0.271 e. The first kappa shape index (κ1) is 27.7. The summed E-state index contributed by atoms with van der Waals surface area (Å²) >= 11 is 6.26. The molecule has 8 heteroatoms. The first-order chi connectivity index (χ1) is 20.3. The first-order valence-electron chi connectivity index (χ1n) is 13.6. The van der Waals surface area contributed by atoms with Gasteiger partial charge in [-0.25, -0.2) is 13.8 Å². The lowest BCUT2D eigenvalue weighted by molar-refractivity contribution is 0.0955. The van der Waals surface area contributed by atoms with E-state index in [4.69, 9.17) is 11.6 Å². The highest BCUT2D eigenvalue weighted by atomic mass is 35.5. The Morgan fingerprint density at radius 1 is 0.905 bits per heavy atom. The van der Waals surface area contributed by atoms with Gasteiger partial charge in [-0.05, 0) is 89.2 Å². The Kier molecular flexibility index (Phi) is 7.54. The van der Waals surface area contributed by atoms with Gasteiger partial charge in [0.15, 0.2) is 0 Å². The van der Waals surface area contributed by atoms with Crippen LogP contribution in [0.5, 0.6) is 0 Å². The third-order valence-electron chi connectivity index (χ3n) is 7.59. The topological polar surface area (TPSA) is 78.8 Å². The van der Waals surface area contributed by atoms with Crippen LogP contribution in [0.1, 0.15) is 38.2 Å². The molecule has 5 aromatic carbocycles. The maximum atomic E-state index is 13.7. The molecule has 0 bridgehead atoms. The van der Waals surface area contributed by atoms with Crippen molar-refractivity contribution in [3.05, 3.63) is 142 Å². The second-order valence-electron chi connectivity index (χ2n) is 10.3. The van der Waals surface area contributed by atoms with E-state index in [-0.39, 0.29) is 17.3 Å². The molecule has 0 aliphatic heterocycles. The number of hydrazone groups is 1. The van der Waals surface area contributed by atoms with E-state index in [1.54, 1.807) is 79.0 Å². The maximum absolute atomic E-state index is 13.7. The van der Waals surface area contributed by atoms with Crippen molar-refractivity contribution in [2.75, 3.05) is 4.31 Å². The van der Waals surface area contributed by atoms with Gasteiger partial charge in [0.05, 0.1) is 23.3 Å². The fraction of sp³-hybridized carbons (Fsp3) is 0.118. The molecule has 0 unspecified atom stereocenters. The van der Waals surface area contributed by atoms with Crippen LogP contribution in [-0.2, 0) is 29.4 Å². The van der Waals surface area contributed by atoms with E-state index in [0.717, 1.165) is 29.4 Å². The zero-order chi connectivity index (χ0) is 29.3. The second-order valence-corrected chi connectivity index (χ2v) is 12.6. The molecule has 42 heavy (non-hydrogen) atoms. The molecule has 0 fully saturated rings. The van der Waals surface area contributed by atoms with Crippen LogP contribution in [0, 0.1) is 6.92 Å². The van der Waals surface area contributed by atoms with E-state index in [9.17, 15) is 13.2 Å². The van der Waals surface area contributed by atoms with Crippen molar-refractivity contribution in [2.24, 2.45) is 5.10 Å². The Labute approximate surface area is 250 Å². The molecule has 0 aromatic heterocycles. The summed E-state index contributed by atoms with van der Waals surface area (Å²) in [5, 5.41) is 7.08. The number of hydrogen-bond acceptors (Lipinski definition) is 4. The van der Waals surface area contributed by atoms with Crippen LogP contribution in [0.4, 0.5) is 5.69 Å². The first-order valence-corrected chi connectivity index (χ1v) is 15.4. The van der Waals surface area contributed by atoms with Gasteiger partial charge in [-0.15, -0.1) is 0 Å². The van der Waals surface area contributed by atoms with Gasteiger partial charge in [-0.2, -0.15) is 5.10 Å². The molecule has 5 aromatic rings. The fourth-order valence-electron chi connectivity index (χ4n) is 5.40. The summed E-state index contributed by atoms with van der Waals surface area (Å²) < 4.78 is 28.8. The van der Waals surface area contributed by atoms with Gasteiger partial charge in [-0.3, -0.25) is 9.10 Å². The Bertz CT molecular complexity index is 1930. The largest absolute Gasteiger partial charge is 0.271 e. The van der Waals surface area contributed by atoms with E-state index >= 15 is 0 Å². The SMILES string of the molecule is Cc1ccc(Cl)cc1N(Cc1ccc(C(=O)N/N=C/c2ccc3c4c(cccc24)CC3)cc1)S(=O)(=O)c1ccccc1. The summed E-state index contributed by atoms with van der Waals surface area (Å²) in [5.41, 5.74) is 8.64.